The van der Waals surface area contributed by atoms with Crippen molar-refractivity contribution in [1.29, 1.82) is 0 Å². The largest absolute Gasteiger partial charge is 0.371 e. The molecular formula is C19H19FN4O. The van der Waals surface area contributed by atoms with Gasteiger partial charge in [-0.2, -0.15) is 4.98 Å². The molecule has 128 valence electrons. The van der Waals surface area contributed by atoms with Gasteiger partial charge in [-0.15, -0.1) is 0 Å². The van der Waals surface area contributed by atoms with E-state index in [0.717, 1.165) is 43.0 Å². The topological polar surface area (TPSA) is 55.1 Å². The molecule has 1 aliphatic rings. The van der Waals surface area contributed by atoms with Crippen molar-refractivity contribution in [2.75, 3.05) is 18.0 Å². The Morgan fingerprint density at radius 1 is 1.12 bits per heavy atom. The average molecular weight is 338 g/mol. The third kappa shape index (κ3) is 3.38. The zero-order chi connectivity index (χ0) is 17.2. The Morgan fingerprint density at radius 2 is 1.96 bits per heavy atom. The average Bonchev–Trinajstić information content (AvgIpc) is 3.13. The van der Waals surface area contributed by atoms with E-state index in [1.54, 1.807) is 0 Å². The first kappa shape index (κ1) is 15.7. The zero-order valence-corrected chi connectivity index (χ0v) is 14.0. The molecule has 1 atom stereocenters. The SMILES string of the molecule is Cc1cccc(-c2noc(C3CCCN(c4ccc(F)cc4)C3)n2)n1. The minimum Gasteiger partial charge on any atom is -0.371 e. The third-order valence-corrected chi connectivity index (χ3v) is 4.52. The summed E-state index contributed by atoms with van der Waals surface area (Å²) in [5.74, 6) is 1.12. The molecule has 0 bridgehead atoms. The molecule has 6 heteroatoms. The smallest absolute Gasteiger partial charge is 0.231 e. The number of piperidine rings is 1. The number of aryl methyl sites for hydroxylation is 1. The van der Waals surface area contributed by atoms with Crippen LogP contribution in [0.15, 0.2) is 47.0 Å². The van der Waals surface area contributed by atoms with Gasteiger partial charge in [0, 0.05) is 24.5 Å². The van der Waals surface area contributed by atoms with Crippen molar-refractivity contribution in [3.8, 4) is 11.5 Å². The van der Waals surface area contributed by atoms with Crippen LogP contribution in [0.1, 0.15) is 30.3 Å². The van der Waals surface area contributed by atoms with Crippen LogP contribution in [-0.2, 0) is 0 Å². The van der Waals surface area contributed by atoms with Gasteiger partial charge in [0.15, 0.2) is 0 Å². The summed E-state index contributed by atoms with van der Waals surface area (Å²) < 4.78 is 18.6. The Morgan fingerprint density at radius 3 is 2.76 bits per heavy atom. The quantitative estimate of drug-likeness (QED) is 0.723. The maximum Gasteiger partial charge on any atom is 0.231 e. The van der Waals surface area contributed by atoms with Crippen LogP contribution in [0.5, 0.6) is 0 Å². The molecule has 0 amide bonds. The van der Waals surface area contributed by atoms with Crippen molar-refractivity contribution in [2.45, 2.75) is 25.7 Å². The fraction of sp³-hybridized carbons (Fsp3) is 0.316. The predicted octanol–water partition coefficient (Wildman–Crippen LogP) is 3.96. The second kappa shape index (κ2) is 6.63. The molecule has 0 spiro atoms. The molecule has 2 aromatic heterocycles. The molecule has 0 N–H and O–H groups in total. The van der Waals surface area contributed by atoms with Gasteiger partial charge < -0.3 is 9.42 Å². The van der Waals surface area contributed by atoms with Gasteiger partial charge in [0.05, 0.1) is 5.92 Å². The third-order valence-electron chi connectivity index (χ3n) is 4.52. The molecule has 0 saturated carbocycles. The van der Waals surface area contributed by atoms with Crippen LogP contribution in [0.4, 0.5) is 10.1 Å². The van der Waals surface area contributed by atoms with E-state index in [1.165, 1.54) is 12.1 Å². The minimum atomic E-state index is -0.218. The molecule has 1 fully saturated rings. The fourth-order valence-electron chi connectivity index (χ4n) is 3.24. The number of anilines is 1. The van der Waals surface area contributed by atoms with Crippen molar-refractivity contribution in [3.63, 3.8) is 0 Å². The Labute approximate surface area is 145 Å². The summed E-state index contributed by atoms with van der Waals surface area (Å²) in [6, 6.07) is 12.4. The number of benzene rings is 1. The van der Waals surface area contributed by atoms with Crippen LogP contribution in [0.25, 0.3) is 11.5 Å². The van der Waals surface area contributed by atoms with E-state index < -0.39 is 0 Å². The first-order valence-corrected chi connectivity index (χ1v) is 8.47. The summed E-state index contributed by atoms with van der Waals surface area (Å²) in [7, 11) is 0. The number of nitrogens with zero attached hydrogens (tertiary/aromatic N) is 4. The number of pyridine rings is 1. The molecule has 1 aromatic carbocycles. The first-order chi connectivity index (χ1) is 12.2. The Bertz CT molecular complexity index is 862. The number of halogens is 1. The highest BCUT2D eigenvalue weighted by atomic mass is 19.1. The second-order valence-corrected chi connectivity index (χ2v) is 6.38. The van der Waals surface area contributed by atoms with E-state index in [4.69, 9.17) is 4.52 Å². The van der Waals surface area contributed by atoms with Gasteiger partial charge in [0.1, 0.15) is 11.5 Å². The highest BCUT2D eigenvalue weighted by molar-refractivity contribution is 5.49. The molecule has 0 aliphatic carbocycles. The summed E-state index contributed by atoms with van der Waals surface area (Å²) >= 11 is 0. The van der Waals surface area contributed by atoms with Crippen LogP contribution in [0, 0.1) is 12.7 Å². The van der Waals surface area contributed by atoms with E-state index >= 15 is 0 Å². The van der Waals surface area contributed by atoms with Gasteiger partial charge in [-0.3, -0.25) is 0 Å². The van der Waals surface area contributed by atoms with E-state index in [9.17, 15) is 4.39 Å². The van der Waals surface area contributed by atoms with E-state index in [-0.39, 0.29) is 11.7 Å². The molecule has 25 heavy (non-hydrogen) atoms. The summed E-state index contributed by atoms with van der Waals surface area (Å²) in [5.41, 5.74) is 2.66. The van der Waals surface area contributed by atoms with Crippen molar-refractivity contribution >= 4 is 5.69 Å². The molecule has 1 aliphatic heterocycles. The lowest BCUT2D eigenvalue weighted by Crippen LogP contribution is -2.34. The Kier molecular flexibility index (Phi) is 4.17. The summed E-state index contributed by atoms with van der Waals surface area (Å²) in [6.45, 7) is 3.67. The molecule has 1 saturated heterocycles. The van der Waals surface area contributed by atoms with Crippen LogP contribution in [0.3, 0.4) is 0 Å². The minimum absolute atomic E-state index is 0.171. The monoisotopic (exact) mass is 338 g/mol. The van der Waals surface area contributed by atoms with Gasteiger partial charge in [0.25, 0.3) is 0 Å². The standard InChI is InChI=1S/C19H19FN4O/c1-13-4-2-6-17(21-13)18-22-19(25-23-18)14-5-3-11-24(12-14)16-9-7-15(20)8-10-16/h2,4,6-10,14H,3,5,11-12H2,1H3. The number of hydrogen-bond donors (Lipinski definition) is 0. The van der Waals surface area contributed by atoms with Gasteiger partial charge in [0.2, 0.25) is 11.7 Å². The molecule has 4 rings (SSSR count). The van der Waals surface area contributed by atoms with E-state index in [1.807, 2.05) is 37.3 Å². The summed E-state index contributed by atoms with van der Waals surface area (Å²) in [6.07, 6.45) is 2.03. The van der Waals surface area contributed by atoms with Crippen LogP contribution < -0.4 is 4.90 Å². The fourth-order valence-corrected chi connectivity index (χ4v) is 3.24. The van der Waals surface area contributed by atoms with Gasteiger partial charge >= 0.3 is 0 Å². The normalized spacial score (nSPS) is 17.7. The van der Waals surface area contributed by atoms with Crippen molar-refractivity contribution in [2.24, 2.45) is 0 Å². The molecule has 5 nitrogen and oxygen atoms in total. The predicted molar refractivity (Wildman–Crippen MR) is 92.9 cm³/mol. The number of aromatic nitrogens is 3. The van der Waals surface area contributed by atoms with Crippen LogP contribution >= 0.6 is 0 Å². The molecule has 3 heterocycles. The highest BCUT2D eigenvalue weighted by Crippen LogP contribution is 2.30. The Balaban J connectivity index is 1.53. The Hall–Kier alpha value is -2.76. The number of hydrogen-bond acceptors (Lipinski definition) is 5. The maximum absolute atomic E-state index is 13.1. The lowest BCUT2D eigenvalue weighted by Gasteiger charge is -2.32. The maximum atomic E-state index is 13.1. The van der Waals surface area contributed by atoms with Crippen molar-refractivity contribution in [1.82, 2.24) is 15.1 Å². The molecule has 3 aromatic rings. The van der Waals surface area contributed by atoms with Crippen LogP contribution in [-0.4, -0.2) is 28.2 Å². The zero-order valence-electron chi connectivity index (χ0n) is 14.0. The molecule has 1 unspecified atom stereocenters. The number of rotatable bonds is 3. The van der Waals surface area contributed by atoms with Crippen molar-refractivity contribution in [3.05, 3.63) is 59.9 Å². The van der Waals surface area contributed by atoms with Gasteiger partial charge in [-0.05, 0) is 56.2 Å². The van der Waals surface area contributed by atoms with Crippen LogP contribution in [0.2, 0.25) is 0 Å². The summed E-state index contributed by atoms with van der Waals surface area (Å²) in [4.78, 5) is 11.2. The van der Waals surface area contributed by atoms with Gasteiger partial charge in [-0.1, -0.05) is 11.2 Å². The molecular weight excluding hydrogens is 319 g/mol. The second-order valence-electron chi connectivity index (χ2n) is 6.38. The van der Waals surface area contributed by atoms with E-state index in [0.29, 0.717) is 11.7 Å². The lowest BCUT2D eigenvalue weighted by atomic mass is 9.97. The summed E-state index contributed by atoms with van der Waals surface area (Å²) in [5, 5.41) is 4.10. The lowest BCUT2D eigenvalue weighted by molar-refractivity contribution is 0.333. The highest BCUT2D eigenvalue weighted by Gasteiger charge is 2.26. The van der Waals surface area contributed by atoms with E-state index in [2.05, 4.69) is 20.0 Å². The van der Waals surface area contributed by atoms with Gasteiger partial charge in [-0.25, -0.2) is 9.37 Å². The molecule has 0 radical (unpaired) electrons. The van der Waals surface area contributed by atoms with Crippen molar-refractivity contribution < 1.29 is 8.91 Å². The first-order valence-electron chi connectivity index (χ1n) is 8.47.